The van der Waals surface area contributed by atoms with Gasteiger partial charge in [-0.3, -0.25) is 13.8 Å². The minimum absolute atomic E-state index is 0.0817. The van der Waals surface area contributed by atoms with Crippen molar-refractivity contribution in [2.45, 2.75) is 289 Å². The number of amides is 1. The van der Waals surface area contributed by atoms with E-state index in [9.17, 15) is 19.4 Å². The molecule has 5 N–H and O–H groups in total. The Balaban J connectivity index is 4.02. The van der Waals surface area contributed by atoms with Crippen molar-refractivity contribution >= 4 is 13.7 Å². The zero-order chi connectivity index (χ0) is 43.9. The summed E-state index contributed by atoms with van der Waals surface area (Å²) in [6.07, 6.45) is 55.6. The largest absolute Gasteiger partial charge is 0.472 e. The van der Waals surface area contributed by atoms with Crippen LogP contribution in [0.4, 0.5) is 0 Å². The van der Waals surface area contributed by atoms with Crippen molar-refractivity contribution in [3.8, 4) is 0 Å². The average Bonchev–Trinajstić information content (AvgIpc) is 3.24. The van der Waals surface area contributed by atoms with E-state index in [1.807, 2.05) is 6.08 Å². The summed E-state index contributed by atoms with van der Waals surface area (Å²) in [7, 11) is -4.34. The van der Waals surface area contributed by atoms with Crippen LogP contribution in [0.15, 0.2) is 12.2 Å². The first-order valence-electron chi connectivity index (χ1n) is 26.3. The quantitative estimate of drug-likeness (QED) is 0.0272. The third-order valence-electron chi connectivity index (χ3n) is 12.1. The number of hydrogen-bond donors (Lipinski definition) is 4. The fourth-order valence-electron chi connectivity index (χ4n) is 8.14. The van der Waals surface area contributed by atoms with Crippen molar-refractivity contribution in [3.63, 3.8) is 0 Å². The minimum atomic E-state index is -4.34. The first-order valence-corrected chi connectivity index (χ1v) is 27.8. The molecule has 0 heterocycles. The van der Waals surface area contributed by atoms with Crippen molar-refractivity contribution < 1.29 is 28.4 Å². The van der Waals surface area contributed by atoms with Gasteiger partial charge in [0, 0.05) is 13.0 Å². The first-order chi connectivity index (χ1) is 29.4. The highest BCUT2D eigenvalue weighted by molar-refractivity contribution is 7.47. The van der Waals surface area contributed by atoms with Gasteiger partial charge in [0.05, 0.1) is 25.4 Å². The molecule has 358 valence electrons. The maximum Gasteiger partial charge on any atom is 0.472 e. The molecule has 0 aliphatic carbocycles. The summed E-state index contributed by atoms with van der Waals surface area (Å²) in [6.45, 7) is 4.19. The summed E-state index contributed by atoms with van der Waals surface area (Å²) in [5.41, 5.74) is 5.40. The van der Waals surface area contributed by atoms with Gasteiger partial charge < -0.3 is 21.1 Å². The highest BCUT2D eigenvalue weighted by atomic mass is 31.2. The molecule has 3 unspecified atom stereocenters. The lowest BCUT2D eigenvalue weighted by Gasteiger charge is -2.23. The number of carbonyl (C=O) groups excluding carboxylic acids is 1. The molecule has 0 fully saturated rings. The van der Waals surface area contributed by atoms with Gasteiger partial charge in [0.25, 0.3) is 0 Å². The Morgan fingerprint density at radius 2 is 0.850 bits per heavy atom. The lowest BCUT2D eigenvalue weighted by atomic mass is 10.0. The Morgan fingerprint density at radius 1 is 0.533 bits per heavy atom. The van der Waals surface area contributed by atoms with E-state index in [1.165, 1.54) is 218 Å². The zero-order valence-electron chi connectivity index (χ0n) is 40.0. The predicted molar refractivity (Wildman–Crippen MR) is 259 cm³/mol. The molecule has 0 aliphatic heterocycles. The maximum absolute atomic E-state index is 12.8. The van der Waals surface area contributed by atoms with E-state index < -0.39 is 20.0 Å². The van der Waals surface area contributed by atoms with E-state index in [-0.39, 0.29) is 25.7 Å². The molecule has 0 aromatic heterocycles. The molecule has 0 rings (SSSR count). The molecule has 0 saturated heterocycles. The second-order valence-corrected chi connectivity index (χ2v) is 19.6. The van der Waals surface area contributed by atoms with Crippen molar-refractivity contribution in [3.05, 3.63) is 12.2 Å². The van der Waals surface area contributed by atoms with E-state index in [1.54, 1.807) is 6.08 Å². The highest BCUT2D eigenvalue weighted by Crippen LogP contribution is 2.43. The molecule has 9 heteroatoms. The fraction of sp³-hybridized carbons (Fsp3) is 0.941. The first kappa shape index (κ1) is 59.2. The summed E-state index contributed by atoms with van der Waals surface area (Å²) >= 11 is 0. The number of phosphoric acid groups is 1. The second kappa shape index (κ2) is 47.7. The Bertz CT molecular complexity index is 953. The Labute approximate surface area is 373 Å². The molecular formula is C51H103N2O6P. The number of allylic oxidation sites excluding steroid dienone is 1. The fourth-order valence-corrected chi connectivity index (χ4v) is 8.90. The molecule has 0 aromatic carbocycles. The second-order valence-electron chi connectivity index (χ2n) is 18.1. The number of carbonyl (C=O) groups is 1. The van der Waals surface area contributed by atoms with E-state index >= 15 is 0 Å². The van der Waals surface area contributed by atoms with Crippen molar-refractivity contribution in [2.75, 3.05) is 19.8 Å². The minimum Gasteiger partial charge on any atom is -0.387 e. The highest BCUT2D eigenvalue weighted by Gasteiger charge is 2.26. The number of rotatable bonds is 50. The average molecular weight is 871 g/mol. The lowest BCUT2D eigenvalue weighted by Crippen LogP contribution is -2.45. The predicted octanol–water partition coefficient (Wildman–Crippen LogP) is 15.5. The normalized spacial score (nSPS) is 13.9. The van der Waals surface area contributed by atoms with Crippen LogP contribution in [0.3, 0.4) is 0 Å². The van der Waals surface area contributed by atoms with Crippen LogP contribution in [0.25, 0.3) is 0 Å². The SMILES string of the molecule is CCCCCCCCCCCCCCCCCC/C=C/C(O)C(COP(=O)(O)OCCN)NC(=O)CCCCCCCCCCCCCCCCCCCCCCCCC. The van der Waals surface area contributed by atoms with Crippen LogP contribution in [-0.2, 0) is 18.4 Å². The Hall–Kier alpha value is -0.760. The van der Waals surface area contributed by atoms with Gasteiger partial charge in [0.2, 0.25) is 5.91 Å². The zero-order valence-corrected chi connectivity index (χ0v) is 40.9. The molecular weight excluding hydrogens is 768 g/mol. The number of nitrogens with two attached hydrogens (primary N) is 1. The smallest absolute Gasteiger partial charge is 0.387 e. The molecule has 3 atom stereocenters. The maximum atomic E-state index is 12.8. The van der Waals surface area contributed by atoms with Crippen molar-refractivity contribution in [1.29, 1.82) is 0 Å². The van der Waals surface area contributed by atoms with Gasteiger partial charge in [-0.1, -0.05) is 264 Å². The topological polar surface area (TPSA) is 131 Å². The van der Waals surface area contributed by atoms with Crippen LogP contribution in [0.2, 0.25) is 0 Å². The Kier molecular flexibility index (Phi) is 47.1. The van der Waals surface area contributed by atoms with Crippen LogP contribution in [0, 0.1) is 0 Å². The molecule has 0 spiro atoms. The number of phosphoric ester groups is 1. The van der Waals surface area contributed by atoms with Gasteiger partial charge in [-0.05, 0) is 19.3 Å². The number of nitrogens with one attached hydrogen (secondary N) is 1. The number of aliphatic hydroxyl groups is 1. The van der Waals surface area contributed by atoms with Gasteiger partial charge in [-0.15, -0.1) is 0 Å². The third kappa shape index (κ3) is 45.3. The van der Waals surface area contributed by atoms with Gasteiger partial charge >= 0.3 is 7.82 Å². The Morgan fingerprint density at radius 3 is 1.18 bits per heavy atom. The molecule has 0 aromatic rings. The van der Waals surface area contributed by atoms with Crippen LogP contribution >= 0.6 is 7.82 Å². The van der Waals surface area contributed by atoms with Crippen LogP contribution < -0.4 is 11.1 Å². The number of aliphatic hydroxyl groups excluding tert-OH is 1. The summed E-state index contributed by atoms with van der Waals surface area (Å²) in [5, 5.41) is 13.8. The molecule has 60 heavy (non-hydrogen) atoms. The van der Waals surface area contributed by atoms with Crippen molar-refractivity contribution in [2.24, 2.45) is 5.73 Å². The van der Waals surface area contributed by atoms with Crippen LogP contribution in [0.5, 0.6) is 0 Å². The van der Waals surface area contributed by atoms with E-state index in [4.69, 9.17) is 14.8 Å². The summed E-state index contributed by atoms with van der Waals surface area (Å²) < 4.78 is 22.2. The van der Waals surface area contributed by atoms with Gasteiger partial charge in [0.1, 0.15) is 0 Å². The summed E-state index contributed by atoms with van der Waals surface area (Å²) in [6, 6.07) is -0.856. The van der Waals surface area contributed by atoms with E-state index in [0.29, 0.717) is 6.42 Å². The molecule has 1 amide bonds. The molecule has 8 nitrogen and oxygen atoms in total. The summed E-state index contributed by atoms with van der Waals surface area (Å²) in [5.74, 6) is -0.187. The molecule has 0 aliphatic rings. The standard InChI is InChI=1S/C51H103N2O6P/c1-3-5-7-9-11-13-15-17-19-21-23-24-25-26-27-29-31-33-35-37-39-41-43-45-51(55)53-49(48-59-60(56,57)58-47-46-52)50(54)44-42-40-38-36-34-32-30-28-22-20-18-16-14-12-10-8-6-4-2/h42,44,49-50,54H,3-41,43,45-48,52H2,1-2H3,(H,53,55)(H,56,57)/b44-42+. The third-order valence-corrected chi connectivity index (χ3v) is 13.1. The van der Waals surface area contributed by atoms with Gasteiger partial charge in [-0.2, -0.15) is 0 Å². The van der Waals surface area contributed by atoms with Gasteiger partial charge in [0.15, 0.2) is 0 Å². The lowest BCUT2D eigenvalue weighted by molar-refractivity contribution is -0.123. The monoisotopic (exact) mass is 871 g/mol. The molecule has 0 radical (unpaired) electrons. The molecule has 0 saturated carbocycles. The van der Waals surface area contributed by atoms with Crippen molar-refractivity contribution in [1.82, 2.24) is 5.32 Å². The van der Waals surface area contributed by atoms with E-state index in [2.05, 4.69) is 19.2 Å². The van der Waals surface area contributed by atoms with Crippen LogP contribution in [-0.4, -0.2) is 47.8 Å². The van der Waals surface area contributed by atoms with E-state index in [0.717, 1.165) is 38.5 Å². The number of hydrogen-bond acceptors (Lipinski definition) is 6. The molecule has 0 bridgehead atoms. The number of unbranched alkanes of at least 4 members (excludes halogenated alkanes) is 38. The van der Waals surface area contributed by atoms with Crippen LogP contribution in [0.1, 0.15) is 277 Å². The van der Waals surface area contributed by atoms with Gasteiger partial charge in [-0.25, -0.2) is 4.57 Å². The summed E-state index contributed by atoms with van der Waals surface area (Å²) in [4.78, 5) is 22.8.